The molecule has 0 nitrogen and oxygen atoms in total. The van der Waals surface area contributed by atoms with E-state index < -0.39 is 25.7 Å². The molecule has 0 aliphatic carbocycles. The van der Waals surface area contributed by atoms with Gasteiger partial charge >= 0.3 is 296 Å². The van der Waals surface area contributed by atoms with Gasteiger partial charge in [0.15, 0.2) is 0 Å². The van der Waals surface area contributed by atoms with Crippen molar-refractivity contribution >= 4 is 156 Å². The van der Waals surface area contributed by atoms with Crippen molar-refractivity contribution in [2.45, 2.75) is 74.1 Å². The zero-order valence-corrected chi connectivity index (χ0v) is 39.1. The van der Waals surface area contributed by atoms with Crippen LogP contribution < -0.4 is 0 Å². The van der Waals surface area contributed by atoms with Gasteiger partial charge in [-0.15, -0.1) is 0 Å². The van der Waals surface area contributed by atoms with E-state index in [2.05, 4.69) is 170 Å². The minimum atomic E-state index is -2.27. The average Bonchev–Trinajstić information content (AvgIpc) is 2.78. The monoisotopic (exact) mass is 986 g/mol. The molecule has 0 amide bonds. The van der Waals surface area contributed by atoms with E-state index in [1.165, 1.54) is 60.9 Å². The summed E-state index contributed by atoms with van der Waals surface area (Å²) in [5, 5.41) is 0.818. The molecule has 5 heterocycles. The summed E-state index contributed by atoms with van der Waals surface area (Å²) in [6.07, 6.45) is 11.5. The standard InChI is InChI=1S/5C3H6S2.C3H8S.2C3H6S.2Sn/c5*4-3-1-2-5-3;1-3(2)4;2*1-2-3-4;;/h5*3-4H,1-2H2;3-4H,1-2H3;2*2,4H,1,3H2;;/q;;;;;;;;2*+4/p-8. The van der Waals surface area contributed by atoms with Gasteiger partial charge in [-0.05, 0) is 0 Å². The third-order valence-corrected chi connectivity index (χ3v) is 117. The maximum absolute atomic E-state index is 3.93. The van der Waals surface area contributed by atoms with Crippen molar-refractivity contribution in [2.75, 3.05) is 40.3 Å². The fourth-order valence-electron chi connectivity index (χ4n) is 3.32. The normalized spacial score (nSPS) is 31.2. The third-order valence-electron chi connectivity index (χ3n) is 5.80. The molecule has 0 radical (unpaired) electrons. The molecule has 15 heteroatoms. The van der Waals surface area contributed by atoms with Gasteiger partial charge < -0.3 is 0 Å². The van der Waals surface area contributed by atoms with Gasteiger partial charge in [0.05, 0.1) is 0 Å². The first-order valence-electron chi connectivity index (χ1n) is 13.6. The Hall–Kier alpha value is 5.63. The van der Waals surface area contributed by atoms with Crippen LogP contribution in [0.25, 0.3) is 0 Å². The Morgan fingerprint density at radius 1 is 0.590 bits per heavy atom. The molecule has 5 saturated heterocycles. The Labute approximate surface area is 290 Å². The van der Waals surface area contributed by atoms with Crippen molar-refractivity contribution in [1.82, 2.24) is 0 Å². The van der Waals surface area contributed by atoms with Gasteiger partial charge in [0, 0.05) is 0 Å². The van der Waals surface area contributed by atoms with Gasteiger partial charge in [-0.2, -0.15) is 0 Å². The molecule has 224 valence electrons. The van der Waals surface area contributed by atoms with E-state index in [4.69, 9.17) is 0 Å². The first-order valence-corrected chi connectivity index (χ1v) is 54.0. The predicted octanol–water partition coefficient (Wildman–Crippen LogP) is 11.8. The van der Waals surface area contributed by atoms with Crippen LogP contribution in [-0.2, 0) is 0 Å². The topological polar surface area (TPSA) is 0 Å². The summed E-state index contributed by atoms with van der Waals surface area (Å²) < 4.78 is 4.64. The molecule has 0 bridgehead atoms. The van der Waals surface area contributed by atoms with Crippen LogP contribution in [0.2, 0.25) is 0 Å². The summed E-state index contributed by atoms with van der Waals surface area (Å²) in [5.74, 6) is 9.26. The van der Waals surface area contributed by atoms with Crippen LogP contribution in [0.5, 0.6) is 0 Å². The molecule has 0 saturated carbocycles. The summed E-state index contributed by atoms with van der Waals surface area (Å²) in [5.41, 5.74) is 0. The van der Waals surface area contributed by atoms with Crippen molar-refractivity contribution in [2.24, 2.45) is 0 Å². The van der Waals surface area contributed by atoms with E-state index in [1.807, 2.05) is 0 Å². The van der Waals surface area contributed by atoms with E-state index in [9.17, 15) is 0 Å². The Morgan fingerprint density at radius 3 is 1.08 bits per heavy atom. The molecular weight excluding hydrogens is 943 g/mol. The van der Waals surface area contributed by atoms with Gasteiger partial charge in [-0.1, -0.05) is 0 Å². The molecule has 5 rings (SSSR count). The first kappa shape index (κ1) is 37.4. The molecule has 0 aromatic carbocycles. The summed E-state index contributed by atoms with van der Waals surface area (Å²) in [7, 11) is 19.3. The summed E-state index contributed by atoms with van der Waals surface area (Å²) >= 11 is 6.52. The van der Waals surface area contributed by atoms with Crippen LogP contribution in [0.1, 0.15) is 46.0 Å². The van der Waals surface area contributed by atoms with Crippen LogP contribution in [0.3, 0.4) is 0 Å². The van der Waals surface area contributed by atoms with Gasteiger partial charge in [-0.25, -0.2) is 0 Å². The molecule has 0 N–H and O–H groups in total. The van der Waals surface area contributed by atoms with Crippen LogP contribution >= 0.6 is 130 Å². The molecule has 0 spiro atoms. The second kappa shape index (κ2) is 20.2. The van der Waals surface area contributed by atoms with Crippen molar-refractivity contribution < 1.29 is 0 Å². The molecule has 5 aliphatic rings. The molecule has 39 heavy (non-hydrogen) atoms. The Morgan fingerprint density at radius 2 is 0.872 bits per heavy atom. The fourth-order valence-corrected chi connectivity index (χ4v) is 161. The van der Waals surface area contributed by atoms with Gasteiger partial charge in [-0.3, -0.25) is 0 Å². The molecule has 0 aromatic rings. The number of hydrogen-bond acceptors (Lipinski definition) is 13. The SMILES string of the molecule is C=CC[S][Sn]([S]CC=C)([S]C1CCS1)[S]C1CCS1.CC(C)[S][Sn]([S]C1CCS1)([S]C1CCS1)[S]C1CCS1. The number of rotatable bonds is 18. The van der Waals surface area contributed by atoms with Gasteiger partial charge in [0.2, 0.25) is 0 Å². The van der Waals surface area contributed by atoms with E-state index in [0.29, 0.717) is 0 Å². The van der Waals surface area contributed by atoms with E-state index >= 15 is 0 Å². The second-order valence-electron chi connectivity index (χ2n) is 9.40. The van der Waals surface area contributed by atoms with Crippen molar-refractivity contribution in [3.05, 3.63) is 25.3 Å². The predicted molar refractivity (Wildman–Crippen MR) is 222 cm³/mol. The molecule has 5 atom stereocenters. The first-order chi connectivity index (χ1) is 18.9. The minimum absolute atomic E-state index is 0.818. The number of hydrogen-bond donors (Lipinski definition) is 0. The van der Waals surface area contributed by atoms with E-state index in [-0.39, 0.29) is 0 Å². The summed E-state index contributed by atoms with van der Waals surface area (Å²) in [6.45, 7) is 12.7. The summed E-state index contributed by atoms with van der Waals surface area (Å²) in [6, 6.07) is 0. The maximum atomic E-state index is 3.93. The molecule has 5 unspecified atom stereocenters. The Balaban J connectivity index is 0.000000181. The second-order valence-corrected chi connectivity index (χ2v) is 100. The quantitative estimate of drug-likeness (QED) is 0.0946. The van der Waals surface area contributed by atoms with Crippen LogP contribution in [0.4, 0.5) is 0 Å². The summed E-state index contributed by atoms with van der Waals surface area (Å²) in [4.78, 5) is 0. The molecule has 5 fully saturated rings. The van der Waals surface area contributed by atoms with Crippen LogP contribution in [0.15, 0.2) is 25.3 Å². The number of thioether (sulfide) groups is 5. The Kier molecular flexibility index (Phi) is 19.4. The van der Waals surface area contributed by atoms with Crippen LogP contribution in [-0.4, -0.2) is 94.1 Å². The van der Waals surface area contributed by atoms with Crippen molar-refractivity contribution in [1.29, 1.82) is 0 Å². The van der Waals surface area contributed by atoms with Crippen molar-refractivity contribution in [3.63, 3.8) is 0 Å². The van der Waals surface area contributed by atoms with Gasteiger partial charge in [0.1, 0.15) is 0 Å². The molecular formula is C24H42S13Sn2. The molecule has 5 aliphatic heterocycles. The van der Waals surface area contributed by atoms with E-state index in [0.717, 1.165) is 39.7 Å². The zero-order chi connectivity index (χ0) is 27.6. The average molecular weight is 985 g/mol. The van der Waals surface area contributed by atoms with E-state index in [1.54, 1.807) is 0 Å². The zero-order valence-electron chi connectivity index (χ0n) is 22.8. The van der Waals surface area contributed by atoms with Gasteiger partial charge in [0.25, 0.3) is 0 Å². The molecule has 0 aromatic heterocycles. The van der Waals surface area contributed by atoms with Crippen molar-refractivity contribution in [3.8, 4) is 0 Å². The Bertz CT molecular complexity index is 669. The fraction of sp³-hybridized carbons (Fsp3) is 0.833. The third kappa shape index (κ3) is 13.2. The van der Waals surface area contributed by atoms with Crippen LogP contribution in [0, 0.1) is 0 Å².